The van der Waals surface area contributed by atoms with E-state index in [9.17, 15) is 4.39 Å². The van der Waals surface area contributed by atoms with Crippen LogP contribution in [0.25, 0.3) is 17.0 Å². The van der Waals surface area contributed by atoms with Crippen molar-refractivity contribution in [1.82, 2.24) is 24.6 Å². The fourth-order valence-electron chi connectivity index (χ4n) is 2.44. The lowest BCUT2D eigenvalue weighted by atomic mass is 10.0. The van der Waals surface area contributed by atoms with Crippen molar-refractivity contribution in [3.63, 3.8) is 0 Å². The molecule has 4 heterocycles. The molecule has 9 heteroatoms. The molecule has 0 aliphatic carbocycles. The molecular formula is C14H11BrFN5O2. The highest BCUT2D eigenvalue weighted by atomic mass is 79.9. The summed E-state index contributed by atoms with van der Waals surface area (Å²) in [4.78, 5) is 12.1. The zero-order chi connectivity index (χ0) is 16.0. The van der Waals surface area contributed by atoms with Gasteiger partial charge in [-0.3, -0.25) is 0 Å². The lowest BCUT2D eigenvalue weighted by Gasteiger charge is -2.26. The zero-order valence-electron chi connectivity index (χ0n) is 12.0. The highest BCUT2D eigenvalue weighted by Gasteiger charge is 2.27. The van der Waals surface area contributed by atoms with Gasteiger partial charge >= 0.3 is 0 Å². The highest BCUT2D eigenvalue weighted by Crippen LogP contribution is 2.32. The van der Waals surface area contributed by atoms with Crippen LogP contribution in [0, 0.1) is 5.82 Å². The number of hydrogen-bond donors (Lipinski definition) is 0. The van der Waals surface area contributed by atoms with Gasteiger partial charge in [0.2, 0.25) is 0 Å². The number of halogens is 2. The minimum Gasteiger partial charge on any atom is -0.495 e. The molecule has 3 aromatic heterocycles. The van der Waals surface area contributed by atoms with Crippen molar-refractivity contribution in [2.45, 2.75) is 5.92 Å². The number of aromatic nitrogens is 5. The number of imidazole rings is 1. The van der Waals surface area contributed by atoms with Crippen molar-refractivity contribution in [1.29, 1.82) is 0 Å². The number of nitrogens with zero attached hydrogens (tertiary/aromatic N) is 5. The average Bonchev–Trinajstić information content (AvgIpc) is 2.90. The summed E-state index contributed by atoms with van der Waals surface area (Å²) in [6.07, 6.45) is 2.64. The van der Waals surface area contributed by atoms with Gasteiger partial charge in [0, 0.05) is 6.07 Å². The lowest BCUT2D eigenvalue weighted by molar-refractivity contribution is 0.00530. The summed E-state index contributed by atoms with van der Waals surface area (Å²) in [5, 5.41) is 4.58. The Labute approximate surface area is 138 Å². The maximum atomic E-state index is 14.1. The van der Waals surface area contributed by atoms with E-state index in [0.29, 0.717) is 35.0 Å². The molecule has 0 saturated carbocycles. The van der Waals surface area contributed by atoms with Crippen molar-refractivity contribution in [2.24, 2.45) is 0 Å². The van der Waals surface area contributed by atoms with Gasteiger partial charge in [0.05, 0.1) is 38.6 Å². The Hall–Kier alpha value is -2.13. The second-order valence-electron chi connectivity index (χ2n) is 5.08. The fraction of sp³-hybridized carbons (Fsp3) is 0.286. The summed E-state index contributed by atoms with van der Waals surface area (Å²) >= 11 is 3.15. The number of hydrogen-bond acceptors (Lipinski definition) is 6. The summed E-state index contributed by atoms with van der Waals surface area (Å²) in [6.45, 7) is 1.18. The third-order valence-corrected chi connectivity index (χ3v) is 4.07. The van der Waals surface area contributed by atoms with E-state index < -0.39 is 5.82 Å². The minimum atomic E-state index is -0.541. The molecule has 0 amide bonds. The standard InChI is InChI=1S/C14H11BrFN5O2/c1-22-10-2-11-17-4-9(13-8(16)3-18-14(15)19-13)21(11)20-12(10)7-5-23-6-7/h2-4,7H,5-6H2,1H3. The summed E-state index contributed by atoms with van der Waals surface area (Å²) in [5.41, 5.74) is 1.90. The predicted octanol–water partition coefficient (Wildman–Crippen LogP) is 2.21. The minimum absolute atomic E-state index is 0.132. The van der Waals surface area contributed by atoms with Gasteiger partial charge in [-0.2, -0.15) is 5.10 Å². The van der Waals surface area contributed by atoms with Gasteiger partial charge in [-0.05, 0) is 15.9 Å². The van der Waals surface area contributed by atoms with E-state index in [1.165, 1.54) is 6.20 Å². The Balaban J connectivity index is 1.93. The predicted molar refractivity (Wildman–Crippen MR) is 81.8 cm³/mol. The normalized spacial score (nSPS) is 14.9. The van der Waals surface area contributed by atoms with E-state index in [-0.39, 0.29) is 11.6 Å². The van der Waals surface area contributed by atoms with E-state index in [2.05, 4.69) is 36.0 Å². The van der Waals surface area contributed by atoms with Crippen LogP contribution < -0.4 is 4.74 Å². The molecule has 4 rings (SSSR count). The van der Waals surface area contributed by atoms with Gasteiger partial charge in [0.1, 0.15) is 22.8 Å². The summed E-state index contributed by atoms with van der Waals surface area (Å²) < 4.78 is 26.6. The largest absolute Gasteiger partial charge is 0.495 e. The molecule has 0 atom stereocenters. The van der Waals surface area contributed by atoms with Crippen LogP contribution in [-0.2, 0) is 4.74 Å². The lowest BCUT2D eigenvalue weighted by Crippen LogP contribution is -2.27. The van der Waals surface area contributed by atoms with Gasteiger partial charge in [-0.1, -0.05) is 0 Å². The van der Waals surface area contributed by atoms with E-state index in [1.54, 1.807) is 17.7 Å². The van der Waals surface area contributed by atoms with Crippen LogP contribution >= 0.6 is 15.9 Å². The summed E-state index contributed by atoms with van der Waals surface area (Å²) in [6, 6.07) is 1.78. The third kappa shape index (κ3) is 2.36. The van der Waals surface area contributed by atoms with Crippen LogP contribution in [0.1, 0.15) is 11.6 Å². The zero-order valence-corrected chi connectivity index (χ0v) is 13.6. The monoisotopic (exact) mass is 379 g/mol. The first-order chi connectivity index (χ1) is 11.2. The van der Waals surface area contributed by atoms with Crippen molar-refractivity contribution >= 4 is 21.6 Å². The van der Waals surface area contributed by atoms with Crippen LogP contribution in [0.2, 0.25) is 0 Å². The second kappa shape index (κ2) is 5.50. The molecule has 1 fully saturated rings. The molecule has 1 saturated heterocycles. The Morgan fingerprint density at radius 3 is 2.87 bits per heavy atom. The Morgan fingerprint density at radius 1 is 1.35 bits per heavy atom. The SMILES string of the molecule is COc1cc2ncc(-c3nc(Br)ncc3F)n2nc1C1COC1. The molecule has 23 heavy (non-hydrogen) atoms. The van der Waals surface area contributed by atoms with Gasteiger partial charge in [-0.15, -0.1) is 0 Å². The molecule has 0 unspecified atom stereocenters. The molecule has 3 aromatic rings. The van der Waals surface area contributed by atoms with Gasteiger partial charge in [0.25, 0.3) is 0 Å². The molecule has 1 aliphatic rings. The molecule has 1 aliphatic heterocycles. The van der Waals surface area contributed by atoms with Crippen LogP contribution in [0.3, 0.4) is 0 Å². The van der Waals surface area contributed by atoms with Crippen molar-refractivity contribution in [2.75, 3.05) is 20.3 Å². The number of ether oxygens (including phenoxy) is 2. The van der Waals surface area contributed by atoms with Gasteiger partial charge < -0.3 is 9.47 Å². The van der Waals surface area contributed by atoms with Crippen LogP contribution in [0.5, 0.6) is 5.75 Å². The quantitative estimate of drug-likeness (QED) is 0.649. The van der Waals surface area contributed by atoms with Crippen LogP contribution in [-0.4, -0.2) is 44.9 Å². The Morgan fingerprint density at radius 2 is 2.17 bits per heavy atom. The molecule has 0 radical (unpaired) electrons. The smallest absolute Gasteiger partial charge is 0.197 e. The molecule has 7 nitrogen and oxygen atoms in total. The molecule has 0 spiro atoms. The van der Waals surface area contributed by atoms with E-state index >= 15 is 0 Å². The molecule has 0 aromatic carbocycles. The van der Waals surface area contributed by atoms with Crippen molar-refractivity contribution in [3.05, 3.63) is 34.7 Å². The van der Waals surface area contributed by atoms with E-state index in [1.807, 2.05) is 0 Å². The average molecular weight is 380 g/mol. The van der Waals surface area contributed by atoms with Crippen LogP contribution in [0.4, 0.5) is 4.39 Å². The highest BCUT2D eigenvalue weighted by molar-refractivity contribution is 9.10. The number of methoxy groups -OCH3 is 1. The third-order valence-electron chi connectivity index (χ3n) is 3.69. The number of fused-ring (bicyclic) bond motifs is 1. The maximum absolute atomic E-state index is 14.1. The first-order valence-electron chi connectivity index (χ1n) is 6.86. The molecule has 0 N–H and O–H groups in total. The molecule has 0 bridgehead atoms. The maximum Gasteiger partial charge on any atom is 0.197 e. The van der Waals surface area contributed by atoms with Crippen LogP contribution in [0.15, 0.2) is 23.2 Å². The number of rotatable bonds is 3. The van der Waals surface area contributed by atoms with E-state index in [4.69, 9.17) is 9.47 Å². The fourth-order valence-corrected chi connectivity index (χ4v) is 2.72. The first kappa shape index (κ1) is 14.5. The van der Waals surface area contributed by atoms with Crippen molar-refractivity contribution < 1.29 is 13.9 Å². The van der Waals surface area contributed by atoms with Crippen molar-refractivity contribution in [3.8, 4) is 17.1 Å². The second-order valence-corrected chi connectivity index (χ2v) is 5.79. The van der Waals surface area contributed by atoms with E-state index in [0.717, 1.165) is 11.9 Å². The first-order valence-corrected chi connectivity index (χ1v) is 7.65. The van der Waals surface area contributed by atoms with Gasteiger partial charge in [0.15, 0.2) is 16.2 Å². The Kier molecular flexibility index (Phi) is 3.46. The molecular weight excluding hydrogens is 369 g/mol. The summed E-state index contributed by atoms with van der Waals surface area (Å²) in [5.74, 6) is 0.264. The Bertz CT molecular complexity index is 896. The topological polar surface area (TPSA) is 74.4 Å². The summed E-state index contributed by atoms with van der Waals surface area (Å²) in [7, 11) is 1.58. The van der Waals surface area contributed by atoms with Gasteiger partial charge in [-0.25, -0.2) is 23.9 Å². The molecule has 118 valence electrons.